The van der Waals surface area contributed by atoms with E-state index in [0.717, 1.165) is 23.3 Å². The molecular weight excluding hydrogens is 360 g/mol. The molecule has 1 heterocycles. The topological polar surface area (TPSA) is 72.5 Å². The maximum atomic E-state index is 13.4. The van der Waals surface area contributed by atoms with Gasteiger partial charge in [-0.25, -0.2) is 21.9 Å². The first-order valence-corrected chi connectivity index (χ1v) is 9.60. The van der Waals surface area contributed by atoms with Crippen LogP contribution in [0, 0.1) is 11.6 Å². The molecule has 9 heteroatoms. The number of rotatable bonds is 8. The summed E-state index contributed by atoms with van der Waals surface area (Å²) < 4.78 is 55.6. The molecule has 2 aromatic rings. The highest BCUT2D eigenvalue weighted by atomic mass is 32.2. The summed E-state index contributed by atoms with van der Waals surface area (Å²) in [4.78, 5) is 13.3. The summed E-state index contributed by atoms with van der Waals surface area (Å²) in [5.74, 6) is -2.14. The second kappa shape index (κ2) is 7.82. The van der Waals surface area contributed by atoms with Gasteiger partial charge in [-0.1, -0.05) is 0 Å². The lowest BCUT2D eigenvalue weighted by atomic mass is 10.3. The van der Waals surface area contributed by atoms with Crippen LogP contribution in [-0.4, -0.2) is 33.6 Å². The molecule has 0 amide bonds. The third kappa shape index (κ3) is 5.66. The van der Waals surface area contributed by atoms with E-state index in [1.807, 2.05) is 0 Å². The fourth-order valence-electron chi connectivity index (χ4n) is 1.83. The van der Waals surface area contributed by atoms with Crippen molar-refractivity contribution in [1.82, 2.24) is 4.72 Å². The predicted octanol–water partition coefficient (Wildman–Crippen LogP) is 2.38. The Labute approximate surface area is 142 Å². The Balaban J connectivity index is 1.89. The number of carbonyl (C=O) groups excluding carboxylic acids is 1. The van der Waals surface area contributed by atoms with Gasteiger partial charge in [0, 0.05) is 17.5 Å². The zero-order chi connectivity index (χ0) is 17.7. The molecule has 0 unspecified atom stereocenters. The fourth-order valence-corrected chi connectivity index (χ4v) is 3.23. The van der Waals surface area contributed by atoms with Crippen LogP contribution in [0.5, 0.6) is 5.75 Å². The van der Waals surface area contributed by atoms with Crippen molar-refractivity contribution in [3.05, 3.63) is 51.7 Å². The van der Waals surface area contributed by atoms with E-state index in [1.54, 1.807) is 12.1 Å². The number of benzene rings is 1. The van der Waals surface area contributed by atoms with E-state index in [4.69, 9.17) is 4.74 Å². The van der Waals surface area contributed by atoms with Crippen LogP contribution in [-0.2, 0) is 16.4 Å². The fraction of sp³-hybridized carbons (Fsp3) is 0.267. The van der Waals surface area contributed by atoms with Gasteiger partial charge in [0.2, 0.25) is 15.8 Å². The van der Waals surface area contributed by atoms with Gasteiger partial charge in [-0.2, -0.15) is 0 Å². The van der Waals surface area contributed by atoms with Crippen LogP contribution in [0.3, 0.4) is 0 Å². The number of ether oxygens (including phenoxy) is 1. The van der Waals surface area contributed by atoms with E-state index in [0.29, 0.717) is 17.4 Å². The molecule has 0 aliphatic carbocycles. The van der Waals surface area contributed by atoms with Crippen LogP contribution in [0.2, 0.25) is 0 Å². The van der Waals surface area contributed by atoms with E-state index >= 15 is 0 Å². The normalized spacial score (nSPS) is 11.5. The molecule has 0 aliphatic heterocycles. The van der Waals surface area contributed by atoms with Crippen molar-refractivity contribution in [1.29, 1.82) is 0 Å². The Hall–Kier alpha value is -1.84. The van der Waals surface area contributed by atoms with Gasteiger partial charge >= 0.3 is 0 Å². The molecule has 0 saturated carbocycles. The molecule has 0 fully saturated rings. The standard InChI is InChI=1S/C15H15F2NO4S2/c1-24(20,21)18-7-6-11-3-5-15(23-11)13(19)9-22-14-4-2-10(16)8-12(14)17/h2-5,8,18H,6-7,9H2,1H3. The molecule has 130 valence electrons. The van der Waals surface area contributed by atoms with Gasteiger partial charge in [0.25, 0.3) is 0 Å². The van der Waals surface area contributed by atoms with Gasteiger partial charge < -0.3 is 4.74 Å². The Morgan fingerprint density at radius 3 is 2.67 bits per heavy atom. The number of hydrogen-bond donors (Lipinski definition) is 1. The summed E-state index contributed by atoms with van der Waals surface area (Å²) in [6.07, 6.45) is 1.53. The minimum atomic E-state index is -3.24. The highest BCUT2D eigenvalue weighted by Gasteiger charge is 2.12. The molecule has 5 nitrogen and oxygen atoms in total. The number of ketones is 1. The molecule has 0 aliphatic rings. The zero-order valence-corrected chi connectivity index (χ0v) is 14.3. The van der Waals surface area contributed by atoms with Crippen molar-refractivity contribution >= 4 is 27.1 Å². The SMILES string of the molecule is CS(=O)(=O)NCCc1ccc(C(=O)COc2ccc(F)cc2F)s1. The lowest BCUT2D eigenvalue weighted by Gasteiger charge is -2.05. The van der Waals surface area contributed by atoms with Crippen molar-refractivity contribution in [3.63, 3.8) is 0 Å². The highest BCUT2D eigenvalue weighted by molar-refractivity contribution is 7.88. The highest BCUT2D eigenvalue weighted by Crippen LogP contribution is 2.20. The monoisotopic (exact) mass is 375 g/mol. The van der Waals surface area contributed by atoms with E-state index in [1.165, 1.54) is 11.3 Å². The van der Waals surface area contributed by atoms with Crippen molar-refractivity contribution in [2.75, 3.05) is 19.4 Å². The maximum absolute atomic E-state index is 13.4. The molecule has 1 aromatic heterocycles. The number of carbonyl (C=O) groups is 1. The molecular formula is C15H15F2NO4S2. The second-order valence-electron chi connectivity index (χ2n) is 4.97. The molecule has 0 atom stereocenters. The van der Waals surface area contributed by atoms with E-state index in [9.17, 15) is 22.0 Å². The minimum Gasteiger partial charge on any atom is -0.482 e. The van der Waals surface area contributed by atoms with Crippen molar-refractivity contribution in [2.45, 2.75) is 6.42 Å². The van der Waals surface area contributed by atoms with Crippen molar-refractivity contribution in [2.24, 2.45) is 0 Å². The predicted molar refractivity (Wildman–Crippen MR) is 87.1 cm³/mol. The molecule has 2 rings (SSSR count). The number of Topliss-reactive ketones (excluding diaryl/α,β-unsaturated/α-hetero) is 1. The Morgan fingerprint density at radius 2 is 2.00 bits per heavy atom. The summed E-state index contributed by atoms with van der Waals surface area (Å²) in [5, 5.41) is 0. The first-order valence-electron chi connectivity index (χ1n) is 6.89. The summed E-state index contributed by atoms with van der Waals surface area (Å²) in [5.41, 5.74) is 0. The molecule has 0 bridgehead atoms. The van der Waals surface area contributed by atoms with E-state index < -0.39 is 21.7 Å². The van der Waals surface area contributed by atoms with Gasteiger partial charge in [0.1, 0.15) is 5.82 Å². The van der Waals surface area contributed by atoms with Crippen LogP contribution in [0.1, 0.15) is 14.5 Å². The van der Waals surface area contributed by atoms with Crippen LogP contribution in [0.15, 0.2) is 30.3 Å². The summed E-state index contributed by atoms with van der Waals surface area (Å²) in [6.45, 7) is -0.131. The Kier molecular flexibility index (Phi) is 6.03. The average molecular weight is 375 g/mol. The summed E-state index contributed by atoms with van der Waals surface area (Å²) in [6, 6.07) is 6.17. The first kappa shape index (κ1) is 18.5. The van der Waals surface area contributed by atoms with Gasteiger partial charge in [0.05, 0.1) is 11.1 Å². The van der Waals surface area contributed by atoms with Crippen LogP contribution >= 0.6 is 11.3 Å². The van der Waals surface area contributed by atoms with E-state index in [2.05, 4.69) is 4.72 Å². The second-order valence-corrected chi connectivity index (χ2v) is 7.97. The molecule has 0 radical (unpaired) electrons. The molecule has 0 spiro atoms. The molecule has 24 heavy (non-hydrogen) atoms. The number of halogens is 2. The zero-order valence-electron chi connectivity index (χ0n) is 12.7. The van der Waals surface area contributed by atoms with Crippen LogP contribution in [0.25, 0.3) is 0 Å². The summed E-state index contributed by atoms with van der Waals surface area (Å²) >= 11 is 1.22. The molecule has 1 N–H and O–H groups in total. The van der Waals surface area contributed by atoms with Gasteiger partial charge in [-0.05, 0) is 30.7 Å². The van der Waals surface area contributed by atoms with Crippen LogP contribution in [0.4, 0.5) is 8.78 Å². The smallest absolute Gasteiger partial charge is 0.210 e. The number of hydrogen-bond acceptors (Lipinski definition) is 5. The number of nitrogens with one attached hydrogen (secondary N) is 1. The minimum absolute atomic E-state index is 0.195. The van der Waals surface area contributed by atoms with Crippen LogP contribution < -0.4 is 9.46 Å². The average Bonchev–Trinajstić information content (AvgIpc) is 2.93. The lowest BCUT2D eigenvalue weighted by molar-refractivity contribution is 0.0923. The van der Waals surface area contributed by atoms with E-state index in [-0.39, 0.29) is 24.7 Å². The van der Waals surface area contributed by atoms with Gasteiger partial charge in [-0.3, -0.25) is 4.79 Å². The van der Waals surface area contributed by atoms with Crippen molar-refractivity contribution < 1.29 is 26.7 Å². The van der Waals surface area contributed by atoms with Gasteiger partial charge in [0.15, 0.2) is 18.2 Å². The third-order valence-corrected chi connectivity index (χ3v) is 4.84. The number of thiophene rings is 1. The quantitative estimate of drug-likeness (QED) is 0.719. The Bertz CT molecular complexity index is 834. The summed E-state index contributed by atoms with van der Waals surface area (Å²) in [7, 11) is -3.24. The maximum Gasteiger partial charge on any atom is 0.210 e. The van der Waals surface area contributed by atoms with Crippen molar-refractivity contribution in [3.8, 4) is 5.75 Å². The molecule has 0 saturated heterocycles. The molecule has 1 aromatic carbocycles. The lowest BCUT2D eigenvalue weighted by Crippen LogP contribution is -2.24. The number of sulfonamides is 1. The Morgan fingerprint density at radius 1 is 1.25 bits per heavy atom. The third-order valence-electron chi connectivity index (χ3n) is 2.92. The first-order chi connectivity index (χ1) is 11.2. The largest absolute Gasteiger partial charge is 0.482 e. The van der Waals surface area contributed by atoms with Gasteiger partial charge in [-0.15, -0.1) is 11.3 Å².